The van der Waals surface area contributed by atoms with E-state index >= 15 is 0 Å². The Balaban J connectivity index is 1.97. The molecule has 0 saturated carbocycles. The molecule has 0 saturated heterocycles. The van der Waals surface area contributed by atoms with Crippen molar-refractivity contribution in [3.63, 3.8) is 0 Å². The van der Waals surface area contributed by atoms with Crippen LogP contribution in [0.4, 0.5) is 0 Å². The van der Waals surface area contributed by atoms with E-state index in [1.165, 1.54) is 5.56 Å². The maximum Gasteiger partial charge on any atom is 0.123 e. The first-order chi connectivity index (χ1) is 10.7. The average Bonchev–Trinajstić information content (AvgIpc) is 2.55. The highest BCUT2D eigenvalue weighted by Gasteiger charge is 2.14. The summed E-state index contributed by atoms with van der Waals surface area (Å²) in [5.41, 5.74) is 2.41. The van der Waals surface area contributed by atoms with E-state index in [0.29, 0.717) is 5.92 Å². The van der Waals surface area contributed by atoms with Gasteiger partial charge >= 0.3 is 0 Å². The third-order valence-corrected chi connectivity index (χ3v) is 3.80. The van der Waals surface area contributed by atoms with E-state index in [9.17, 15) is 5.11 Å². The molecule has 22 heavy (non-hydrogen) atoms. The van der Waals surface area contributed by atoms with E-state index in [-0.39, 0.29) is 6.10 Å². The Morgan fingerprint density at radius 1 is 1.05 bits per heavy atom. The summed E-state index contributed by atoms with van der Waals surface area (Å²) >= 11 is 0. The summed E-state index contributed by atoms with van der Waals surface area (Å²) < 4.78 is 5.37. The van der Waals surface area contributed by atoms with E-state index in [1.54, 1.807) is 7.11 Å². The lowest BCUT2D eigenvalue weighted by molar-refractivity contribution is 0.173. The summed E-state index contributed by atoms with van der Waals surface area (Å²) in [4.78, 5) is 0. The quantitative estimate of drug-likeness (QED) is 0.785. The van der Waals surface area contributed by atoms with Crippen molar-refractivity contribution < 1.29 is 9.84 Å². The van der Waals surface area contributed by atoms with Crippen molar-refractivity contribution in [2.75, 3.05) is 13.7 Å². The van der Waals surface area contributed by atoms with Crippen molar-refractivity contribution >= 4 is 0 Å². The highest BCUT2D eigenvalue weighted by Crippen LogP contribution is 2.21. The van der Waals surface area contributed by atoms with E-state index in [0.717, 1.165) is 30.8 Å². The molecule has 2 rings (SSSR count). The van der Waals surface area contributed by atoms with Crippen LogP contribution in [0.15, 0.2) is 54.6 Å². The van der Waals surface area contributed by atoms with Gasteiger partial charge in [0.25, 0.3) is 0 Å². The molecule has 0 aromatic heterocycles. The molecule has 2 N–H and O–H groups in total. The number of methoxy groups -OCH3 is 1. The summed E-state index contributed by atoms with van der Waals surface area (Å²) in [7, 11) is 1.69. The molecular formula is C19H25NO2. The lowest BCUT2D eigenvalue weighted by Gasteiger charge is -2.20. The third-order valence-electron chi connectivity index (χ3n) is 3.80. The van der Waals surface area contributed by atoms with Gasteiger partial charge in [-0.15, -0.1) is 0 Å². The van der Waals surface area contributed by atoms with Crippen LogP contribution in [-0.2, 0) is 6.54 Å². The van der Waals surface area contributed by atoms with Gasteiger partial charge in [0.2, 0.25) is 0 Å². The molecule has 0 heterocycles. The van der Waals surface area contributed by atoms with Gasteiger partial charge in [0.15, 0.2) is 0 Å². The normalized spacial score (nSPS) is 13.6. The van der Waals surface area contributed by atoms with Crippen molar-refractivity contribution in [1.82, 2.24) is 5.32 Å². The molecule has 0 amide bonds. The predicted molar refractivity (Wildman–Crippen MR) is 90.2 cm³/mol. The molecule has 2 aromatic carbocycles. The summed E-state index contributed by atoms with van der Waals surface area (Å²) in [6.45, 7) is 3.43. The van der Waals surface area contributed by atoms with Gasteiger partial charge < -0.3 is 15.2 Å². The molecular weight excluding hydrogens is 274 g/mol. The van der Waals surface area contributed by atoms with Gasteiger partial charge in [-0.2, -0.15) is 0 Å². The van der Waals surface area contributed by atoms with Crippen LogP contribution in [0.3, 0.4) is 0 Å². The van der Waals surface area contributed by atoms with Crippen LogP contribution in [0.2, 0.25) is 0 Å². The average molecular weight is 299 g/mol. The second kappa shape index (κ2) is 8.57. The number of para-hydroxylation sites is 1. The largest absolute Gasteiger partial charge is 0.496 e. The van der Waals surface area contributed by atoms with Crippen LogP contribution in [0, 0.1) is 0 Å². The van der Waals surface area contributed by atoms with Crippen LogP contribution in [0.1, 0.15) is 30.4 Å². The SMILES string of the molecule is COc1ccccc1CNCC(CC(C)O)c1ccccc1. The zero-order valence-electron chi connectivity index (χ0n) is 13.3. The Hall–Kier alpha value is -1.84. The molecule has 0 aliphatic carbocycles. The first-order valence-corrected chi connectivity index (χ1v) is 7.76. The number of aliphatic hydroxyl groups is 1. The van der Waals surface area contributed by atoms with Gasteiger partial charge in [-0.05, 0) is 30.9 Å². The minimum atomic E-state index is -0.307. The van der Waals surface area contributed by atoms with Crippen LogP contribution in [0.5, 0.6) is 5.75 Å². The molecule has 0 bridgehead atoms. The van der Waals surface area contributed by atoms with E-state index < -0.39 is 0 Å². The number of hydrogen-bond acceptors (Lipinski definition) is 3. The second-order valence-electron chi connectivity index (χ2n) is 5.64. The van der Waals surface area contributed by atoms with Crippen LogP contribution < -0.4 is 10.1 Å². The number of ether oxygens (including phenoxy) is 1. The van der Waals surface area contributed by atoms with Crippen molar-refractivity contribution in [2.24, 2.45) is 0 Å². The zero-order valence-corrected chi connectivity index (χ0v) is 13.3. The summed E-state index contributed by atoms with van der Waals surface area (Å²) in [6, 6.07) is 18.4. The minimum Gasteiger partial charge on any atom is -0.496 e. The molecule has 2 unspecified atom stereocenters. The number of rotatable bonds is 8. The van der Waals surface area contributed by atoms with Crippen molar-refractivity contribution in [1.29, 1.82) is 0 Å². The van der Waals surface area contributed by atoms with E-state index in [1.807, 2.05) is 43.3 Å². The lowest BCUT2D eigenvalue weighted by Crippen LogP contribution is -2.24. The smallest absolute Gasteiger partial charge is 0.123 e. The Labute approximate surface area is 133 Å². The van der Waals surface area contributed by atoms with Gasteiger partial charge in [-0.3, -0.25) is 0 Å². The third kappa shape index (κ3) is 4.86. The second-order valence-corrected chi connectivity index (χ2v) is 5.64. The summed E-state index contributed by atoms with van der Waals surface area (Å²) in [5.74, 6) is 1.21. The Morgan fingerprint density at radius 3 is 2.41 bits per heavy atom. The highest BCUT2D eigenvalue weighted by atomic mass is 16.5. The molecule has 0 spiro atoms. The summed E-state index contributed by atoms with van der Waals surface area (Å²) in [6.07, 6.45) is 0.446. The first-order valence-electron chi connectivity index (χ1n) is 7.76. The highest BCUT2D eigenvalue weighted by molar-refractivity contribution is 5.33. The van der Waals surface area contributed by atoms with Gasteiger partial charge in [0, 0.05) is 18.7 Å². The molecule has 0 fully saturated rings. The van der Waals surface area contributed by atoms with Gasteiger partial charge in [0.1, 0.15) is 5.75 Å². The fraction of sp³-hybridized carbons (Fsp3) is 0.368. The molecule has 118 valence electrons. The fourth-order valence-electron chi connectivity index (χ4n) is 2.70. The lowest BCUT2D eigenvalue weighted by atomic mass is 9.93. The molecule has 3 nitrogen and oxygen atoms in total. The molecule has 2 atom stereocenters. The van der Waals surface area contributed by atoms with E-state index in [4.69, 9.17) is 4.74 Å². The van der Waals surface area contributed by atoms with E-state index in [2.05, 4.69) is 23.5 Å². The van der Waals surface area contributed by atoms with Crippen molar-refractivity contribution in [3.05, 3.63) is 65.7 Å². The van der Waals surface area contributed by atoms with Crippen LogP contribution in [0.25, 0.3) is 0 Å². The molecule has 3 heteroatoms. The molecule has 0 aliphatic rings. The molecule has 2 aromatic rings. The molecule has 0 aliphatic heterocycles. The Morgan fingerprint density at radius 2 is 1.73 bits per heavy atom. The first kappa shape index (κ1) is 16.5. The minimum absolute atomic E-state index is 0.302. The maximum absolute atomic E-state index is 9.73. The number of nitrogens with one attached hydrogen (secondary N) is 1. The Kier molecular flexibility index (Phi) is 6.44. The topological polar surface area (TPSA) is 41.5 Å². The van der Waals surface area contributed by atoms with Gasteiger partial charge in [-0.1, -0.05) is 48.5 Å². The van der Waals surface area contributed by atoms with Crippen molar-refractivity contribution in [3.8, 4) is 5.75 Å². The monoisotopic (exact) mass is 299 g/mol. The number of aliphatic hydroxyl groups excluding tert-OH is 1. The van der Waals surface area contributed by atoms with Crippen LogP contribution in [-0.4, -0.2) is 24.9 Å². The van der Waals surface area contributed by atoms with Gasteiger partial charge in [-0.25, -0.2) is 0 Å². The van der Waals surface area contributed by atoms with Crippen LogP contribution >= 0.6 is 0 Å². The zero-order chi connectivity index (χ0) is 15.8. The molecule has 0 radical (unpaired) electrons. The number of benzene rings is 2. The van der Waals surface area contributed by atoms with Crippen molar-refractivity contribution in [2.45, 2.75) is 31.9 Å². The predicted octanol–water partition coefficient (Wildman–Crippen LogP) is 3.34. The maximum atomic E-state index is 9.73. The summed E-state index contributed by atoms with van der Waals surface area (Å²) in [5, 5.41) is 13.2. The Bertz CT molecular complexity index is 554. The standard InChI is InChI=1S/C19H25NO2/c1-15(21)12-18(16-8-4-3-5-9-16)14-20-13-17-10-6-7-11-19(17)22-2/h3-11,15,18,20-21H,12-14H2,1-2H3. The van der Waals surface area contributed by atoms with Gasteiger partial charge in [0.05, 0.1) is 13.2 Å². The fourth-order valence-corrected chi connectivity index (χ4v) is 2.70. The number of hydrogen-bond donors (Lipinski definition) is 2.